The summed E-state index contributed by atoms with van der Waals surface area (Å²) < 4.78 is 17.1. The van der Waals surface area contributed by atoms with Gasteiger partial charge >= 0.3 is 11.9 Å². The van der Waals surface area contributed by atoms with Crippen molar-refractivity contribution in [2.75, 3.05) is 41.0 Å². The number of carbonyl (C=O) groups excluding carboxylic acids is 3. The van der Waals surface area contributed by atoms with Crippen molar-refractivity contribution < 1.29 is 38.2 Å². The van der Waals surface area contributed by atoms with Crippen molar-refractivity contribution in [2.24, 2.45) is 0 Å². The molecule has 0 amide bonds. The van der Waals surface area contributed by atoms with Crippen LogP contribution < -0.4 is 5.11 Å². The summed E-state index contributed by atoms with van der Waals surface area (Å²) in [7, 11) is 5.40. The van der Waals surface area contributed by atoms with Gasteiger partial charge < -0.3 is 28.6 Å². The van der Waals surface area contributed by atoms with Crippen LogP contribution in [0.15, 0.2) is 36.5 Å². The number of quaternary nitrogens is 1. The van der Waals surface area contributed by atoms with Gasteiger partial charge in [-0.1, -0.05) is 159 Å². The van der Waals surface area contributed by atoms with Crippen molar-refractivity contribution in [3.8, 4) is 0 Å². The number of carboxylic acids is 1. The number of nitrogens with zero attached hydrogens (tertiary/aromatic N) is 1. The van der Waals surface area contributed by atoms with Crippen LogP contribution in [0.3, 0.4) is 0 Å². The van der Waals surface area contributed by atoms with Crippen LogP contribution in [0.2, 0.25) is 0 Å². The molecule has 0 fully saturated rings. The summed E-state index contributed by atoms with van der Waals surface area (Å²) in [5.74, 6) is -1.76. The summed E-state index contributed by atoms with van der Waals surface area (Å²) >= 11 is 0. The number of allylic oxidation sites excluding steroid dienone is 6. The molecule has 0 heterocycles. The van der Waals surface area contributed by atoms with Gasteiger partial charge in [-0.2, -0.15) is 0 Å². The fourth-order valence-electron chi connectivity index (χ4n) is 6.38. The van der Waals surface area contributed by atoms with Crippen molar-refractivity contribution in [2.45, 2.75) is 199 Å². The first-order valence-electron chi connectivity index (χ1n) is 22.0. The summed E-state index contributed by atoms with van der Waals surface area (Å²) in [4.78, 5) is 36.8. The lowest BCUT2D eigenvalue weighted by Crippen LogP contribution is -2.55. The first-order chi connectivity index (χ1) is 26.1. The Labute approximate surface area is 332 Å². The van der Waals surface area contributed by atoms with E-state index < -0.39 is 18.1 Å². The highest BCUT2D eigenvalue weighted by Crippen LogP contribution is 2.15. The third-order valence-corrected chi connectivity index (χ3v) is 9.79. The van der Waals surface area contributed by atoms with Crippen LogP contribution >= 0.6 is 0 Å². The maximum absolute atomic E-state index is 12.7. The molecule has 8 heteroatoms. The Morgan fingerprint density at radius 1 is 0.574 bits per heavy atom. The maximum Gasteiger partial charge on any atom is 0.306 e. The molecule has 54 heavy (non-hydrogen) atoms. The first-order valence-corrected chi connectivity index (χ1v) is 22.0. The van der Waals surface area contributed by atoms with Gasteiger partial charge in [0.2, 0.25) is 0 Å². The van der Waals surface area contributed by atoms with E-state index in [0.29, 0.717) is 12.8 Å². The molecule has 0 saturated carbocycles. The summed E-state index contributed by atoms with van der Waals surface area (Å²) in [6.45, 7) is 4.53. The first kappa shape index (κ1) is 51.5. The van der Waals surface area contributed by atoms with Crippen molar-refractivity contribution in [3.05, 3.63) is 36.5 Å². The van der Waals surface area contributed by atoms with Gasteiger partial charge in [-0.25, -0.2) is 0 Å². The molecule has 0 aliphatic rings. The van der Waals surface area contributed by atoms with Crippen LogP contribution in [0.25, 0.3) is 0 Å². The molecule has 0 aromatic carbocycles. The van der Waals surface area contributed by atoms with E-state index in [1.54, 1.807) is 21.1 Å². The molecule has 0 rings (SSSR count). The molecular formula is C46H83NO7. The Kier molecular flexibility index (Phi) is 35.8. The largest absolute Gasteiger partial charge is 0.544 e. The predicted octanol–water partition coefficient (Wildman–Crippen LogP) is 10.5. The molecular weight excluding hydrogens is 679 g/mol. The number of rotatable bonds is 39. The van der Waals surface area contributed by atoms with Gasteiger partial charge in [0.1, 0.15) is 12.6 Å². The second-order valence-electron chi connectivity index (χ2n) is 15.9. The standard InChI is InChI=1S/C46H83NO7/c1-6-8-10-12-14-16-18-20-22-23-25-27-29-31-33-35-37-45(49)54-42(40-52-39-38-43(46(50)51)47(3,4)5)41-53-44(48)36-34-32-30-28-26-24-21-19-17-15-13-11-9-7-2/h9,11,15,17,21,24,42-43H,6-8,10,12-14,16,18-20,22-23,25-41H2,1-5H3/b11-9+,17-15+,24-21+. The highest BCUT2D eigenvalue weighted by atomic mass is 16.6. The van der Waals surface area contributed by atoms with Crippen LogP contribution in [0, 0.1) is 0 Å². The molecule has 0 aromatic rings. The van der Waals surface area contributed by atoms with Crippen LogP contribution in [0.1, 0.15) is 187 Å². The van der Waals surface area contributed by atoms with E-state index in [9.17, 15) is 19.5 Å². The molecule has 0 spiro atoms. The number of ether oxygens (including phenoxy) is 3. The van der Waals surface area contributed by atoms with E-state index in [-0.39, 0.29) is 42.7 Å². The van der Waals surface area contributed by atoms with Gasteiger partial charge in [-0.15, -0.1) is 0 Å². The minimum Gasteiger partial charge on any atom is -0.544 e. The fourth-order valence-corrected chi connectivity index (χ4v) is 6.38. The zero-order chi connectivity index (χ0) is 40.0. The van der Waals surface area contributed by atoms with E-state index in [0.717, 1.165) is 70.6 Å². The van der Waals surface area contributed by atoms with Crippen molar-refractivity contribution in [3.63, 3.8) is 0 Å². The Morgan fingerprint density at radius 2 is 1.04 bits per heavy atom. The molecule has 8 nitrogen and oxygen atoms in total. The van der Waals surface area contributed by atoms with Gasteiger partial charge in [0, 0.05) is 19.3 Å². The second kappa shape index (κ2) is 37.5. The number of aliphatic carboxylic acids is 1. The SMILES string of the molecule is CC/C=C/C/C=C/C/C=C/CCCCCCC(=O)OCC(COCCC(C(=O)[O-])[N+](C)(C)C)OC(=O)CCCCCCCCCCCCCCCCCC. The fraction of sp³-hybridized carbons (Fsp3) is 0.804. The van der Waals surface area contributed by atoms with Crippen molar-refractivity contribution >= 4 is 17.9 Å². The molecule has 0 aromatic heterocycles. The summed E-state index contributed by atoms with van der Waals surface area (Å²) in [5.41, 5.74) is 0. The molecule has 2 unspecified atom stereocenters. The lowest BCUT2D eigenvalue weighted by molar-refractivity contribution is -0.889. The average molecular weight is 762 g/mol. The summed E-state index contributed by atoms with van der Waals surface area (Å²) in [5, 5.41) is 11.6. The van der Waals surface area contributed by atoms with Gasteiger partial charge in [0.05, 0.1) is 40.3 Å². The normalized spacial score (nSPS) is 13.3. The van der Waals surface area contributed by atoms with Crippen LogP contribution in [-0.4, -0.2) is 75.5 Å². The molecule has 0 N–H and O–H groups in total. The molecule has 0 saturated heterocycles. The minimum absolute atomic E-state index is 0.0358. The monoisotopic (exact) mass is 762 g/mol. The summed E-state index contributed by atoms with van der Waals surface area (Å²) in [6, 6.07) is -0.727. The zero-order valence-electron chi connectivity index (χ0n) is 35.6. The Bertz CT molecular complexity index is 984. The zero-order valence-corrected chi connectivity index (χ0v) is 35.6. The molecule has 0 aliphatic carbocycles. The van der Waals surface area contributed by atoms with Crippen LogP contribution in [-0.2, 0) is 28.6 Å². The average Bonchev–Trinajstić information content (AvgIpc) is 3.12. The third-order valence-electron chi connectivity index (χ3n) is 9.79. The topological polar surface area (TPSA) is 102 Å². The minimum atomic E-state index is -1.13. The summed E-state index contributed by atoms with van der Waals surface area (Å²) in [6.07, 6.45) is 41.6. The van der Waals surface area contributed by atoms with Gasteiger partial charge in [-0.05, 0) is 44.9 Å². The van der Waals surface area contributed by atoms with E-state index >= 15 is 0 Å². The van der Waals surface area contributed by atoms with Gasteiger partial charge in [0.25, 0.3) is 0 Å². The maximum atomic E-state index is 12.7. The molecule has 314 valence electrons. The number of carboxylic acid groups (broad SMARTS) is 1. The highest BCUT2D eigenvalue weighted by Gasteiger charge is 2.25. The number of hydrogen-bond acceptors (Lipinski definition) is 7. The van der Waals surface area contributed by atoms with Crippen LogP contribution in [0.5, 0.6) is 0 Å². The number of hydrogen-bond donors (Lipinski definition) is 0. The van der Waals surface area contributed by atoms with Crippen molar-refractivity contribution in [1.29, 1.82) is 0 Å². The van der Waals surface area contributed by atoms with E-state index in [1.165, 1.54) is 83.5 Å². The third kappa shape index (κ3) is 35.3. The lowest BCUT2D eigenvalue weighted by atomic mass is 10.0. The van der Waals surface area contributed by atoms with Crippen molar-refractivity contribution in [1.82, 2.24) is 0 Å². The Balaban J connectivity index is 4.36. The smallest absolute Gasteiger partial charge is 0.306 e. The lowest BCUT2D eigenvalue weighted by Gasteiger charge is -2.34. The van der Waals surface area contributed by atoms with E-state index in [4.69, 9.17) is 14.2 Å². The second-order valence-corrected chi connectivity index (χ2v) is 15.9. The van der Waals surface area contributed by atoms with Gasteiger partial charge in [0.15, 0.2) is 6.10 Å². The number of esters is 2. The Hall–Kier alpha value is -2.45. The number of carbonyl (C=O) groups is 3. The molecule has 0 radical (unpaired) electrons. The quantitative estimate of drug-likeness (QED) is 0.0266. The number of unbranched alkanes of at least 4 members (excludes halogenated alkanes) is 19. The molecule has 2 atom stereocenters. The predicted molar refractivity (Wildman–Crippen MR) is 222 cm³/mol. The van der Waals surface area contributed by atoms with E-state index in [1.807, 2.05) is 0 Å². The van der Waals surface area contributed by atoms with E-state index in [2.05, 4.69) is 50.3 Å². The van der Waals surface area contributed by atoms with Gasteiger partial charge in [-0.3, -0.25) is 9.59 Å². The highest BCUT2D eigenvalue weighted by molar-refractivity contribution is 5.70. The molecule has 0 aliphatic heterocycles. The molecule has 0 bridgehead atoms. The Morgan fingerprint density at radius 3 is 1.54 bits per heavy atom. The van der Waals surface area contributed by atoms with Crippen LogP contribution in [0.4, 0.5) is 0 Å². The number of likely N-dealkylation sites (N-methyl/N-ethyl adjacent to an activating group) is 1.